The van der Waals surface area contributed by atoms with Gasteiger partial charge in [-0.2, -0.15) is 0 Å². The first-order valence-electron chi connectivity index (χ1n) is 11.0. The van der Waals surface area contributed by atoms with Gasteiger partial charge in [-0.25, -0.2) is 4.79 Å². The molecule has 2 aromatic carbocycles. The van der Waals surface area contributed by atoms with Gasteiger partial charge in [0.2, 0.25) is 5.91 Å². The predicted octanol–water partition coefficient (Wildman–Crippen LogP) is 3.25. The van der Waals surface area contributed by atoms with Crippen molar-refractivity contribution in [2.75, 3.05) is 26.9 Å². The van der Waals surface area contributed by atoms with Crippen molar-refractivity contribution in [3.63, 3.8) is 0 Å². The third-order valence-corrected chi connectivity index (χ3v) is 5.74. The van der Waals surface area contributed by atoms with Gasteiger partial charge in [0.1, 0.15) is 12.6 Å². The van der Waals surface area contributed by atoms with Crippen molar-refractivity contribution in [3.05, 3.63) is 59.7 Å². The number of carboxylic acids is 1. The molecule has 0 bridgehead atoms. The minimum atomic E-state index is -0.999. The zero-order valence-electron chi connectivity index (χ0n) is 19.1. The van der Waals surface area contributed by atoms with Crippen LogP contribution in [0.3, 0.4) is 0 Å². The van der Waals surface area contributed by atoms with Crippen molar-refractivity contribution in [2.45, 2.75) is 38.3 Å². The maximum Gasteiger partial charge on any atom is 0.407 e. The molecule has 0 unspecified atom stereocenters. The Morgan fingerprint density at radius 2 is 1.61 bits per heavy atom. The van der Waals surface area contributed by atoms with Crippen LogP contribution in [0.15, 0.2) is 48.5 Å². The molecule has 0 saturated heterocycles. The van der Waals surface area contributed by atoms with E-state index in [1.54, 1.807) is 13.8 Å². The summed E-state index contributed by atoms with van der Waals surface area (Å²) in [6.07, 6.45) is -0.914. The molecule has 0 aromatic heterocycles. The second kappa shape index (κ2) is 11.0. The Balaban J connectivity index is 1.67. The molecule has 2 N–H and O–H groups in total. The Hall–Kier alpha value is -3.39. The Labute approximate surface area is 193 Å². The van der Waals surface area contributed by atoms with Gasteiger partial charge in [-0.05, 0) is 36.1 Å². The van der Waals surface area contributed by atoms with E-state index in [-0.39, 0.29) is 38.1 Å². The number of hydrogen-bond donors (Lipinski definition) is 2. The van der Waals surface area contributed by atoms with Gasteiger partial charge in [0.15, 0.2) is 0 Å². The highest BCUT2D eigenvalue weighted by Crippen LogP contribution is 2.44. The number of fused-ring (bicyclic) bond motifs is 3. The summed E-state index contributed by atoms with van der Waals surface area (Å²) in [5, 5.41) is 11.6. The number of benzene rings is 2. The summed E-state index contributed by atoms with van der Waals surface area (Å²) >= 11 is 0. The zero-order valence-corrected chi connectivity index (χ0v) is 19.1. The maximum absolute atomic E-state index is 13.0. The van der Waals surface area contributed by atoms with E-state index in [9.17, 15) is 14.4 Å². The normalized spacial score (nSPS) is 13.2. The van der Waals surface area contributed by atoms with Crippen molar-refractivity contribution < 1.29 is 29.0 Å². The number of aliphatic carboxylic acids is 1. The highest BCUT2D eigenvalue weighted by molar-refractivity contribution is 5.86. The van der Waals surface area contributed by atoms with Crippen molar-refractivity contribution in [1.82, 2.24) is 10.2 Å². The lowest BCUT2D eigenvalue weighted by Crippen LogP contribution is -2.53. The van der Waals surface area contributed by atoms with Crippen LogP contribution in [0, 0.1) is 0 Å². The number of carbonyl (C=O) groups is 3. The van der Waals surface area contributed by atoms with E-state index in [0.29, 0.717) is 0 Å². The average Bonchev–Trinajstić information content (AvgIpc) is 3.11. The van der Waals surface area contributed by atoms with Gasteiger partial charge in [-0.3, -0.25) is 9.59 Å². The fourth-order valence-electron chi connectivity index (χ4n) is 4.16. The largest absolute Gasteiger partial charge is 0.481 e. The first kappa shape index (κ1) is 24.3. The number of hydrogen-bond acceptors (Lipinski definition) is 5. The summed E-state index contributed by atoms with van der Waals surface area (Å²) in [5.74, 6) is -1.51. The lowest BCUT2D eigenvalue weighted by Gasteiger charge is -2.30. The smallest absolute Gasteiger partial charge is 0.407 e. The van der Waals surface area contributed by atoms with Gasteiger partial charge in [0, 0.05) is 25.6 Å². The number of nitrogens with one attached hydrogen (secondary N) is 1. The number of amides is 2. The number of alkyl carbamates (subject to hydrolysis) is 1. The first-order valence-corrected chi connectivity index (χ1v) is 11.0. The Bertz CT molecular complexity index is 960. The van der Waals surface area contributed by atoms with Crippen LogP contribution in [0.5, 0.6) is 0 Å². The third-order valence-electron chi connectivity index (χ3n) is 5.74. The first-order chi connectivity index (χ1) is 15.8. The third kappa shape index (κ3) is 5.70. The van der Waals surface area contributed by atoms with Gasteiger partial charge in [-0.1, -0.05) is 48.5 Å². The molecule has 0 spiro atoms. The average molecular weight is 455 g/mol. The summed E-state index contributed by atoms with van der Waals surface area (Å²) in [6, 6.07) is 14.8. The predicted molar refractivity (Wildman–Crippen MR) is 123 cm³/mol. The summed E-state index contributed by atoms with van der Waals surface area (Å²) < 4.78 is 10.7. The molecule has 33 heavy (non-hydrogen) atoms. The minimum Gasteiger partial charge on any atom is -0.481 e. The summed E-state index contributed by atoms with van der Waals surface area (Å²) in [6.45, 7) is 3.69. The molecule has 0 fully saturated rings. The van der Waals surface area contributed by atoms with Crippen LogP contribution in [-0.2, 0) is 19.1 Å². The number of carboxylic acid groups (broad SMARTS) is 1. The molecule has 0 heterocycles. The molecule has 1 aliphatic carbocycles. The highest BCUT2D eigenvalue weighted by Gasteiger charge is 2.31. The van der Waals surface area contributed by atoms with Crippen molar-refractivity contribution >= 4 is 18.0 Å². The van der Waals surface area contributed by atoms with E-state index in [1.165, 1.54) is 12.0 Å². The molecule has 0 aliphatic heterocycles. The topological polar surface area (TPSA) is 105 Å². The quantitative estimate of drug-likeness (QED) is 0.571. The van der Waals surface area contributed by atoms with Crippen molar-refractivity contribution in [1.29, 1.82) is 0 Å². The molecular formula is C25H30N2O6. The second-order valence-electron chi connectivity index (χ2n) is 8.25. The number of carbonyl (C=O) groups excluding carboxylic acids is 2. The minimum absolute atomic E-state index is 0.0401. The van der Waals surface area contributed by atoms with Gasteiger partial charge in [0.05, 0.1) is 13.0 Å². The van der Waals surface area contributed by atoms with Gasteiger partial charge in [-0.15, -0.1) is 0 Å². The standard InChI is InChI=1S/C25H30N2O6/c1-16(2)27(13-12-23(28)29)24(30)22(15-32-3)26-25(31)33-14-21-19-10-6-4-8-17(19)18-9-5-7-11-20(18)21/h4-11,16,21-22H,12-15H2,1-3H3,(H,26,31)(H,28,29)/t22-/m0/s1. The van der Waals surface area contributed by atoms with Crippen LogP contribution >= 0.6 is 0 Å². The van der Waals surface area contributed by atoms with Crippen molar-refractivity contribution in [2.24, 2.45) is 0 Å². The van der Waals surface area contributed by atoms with E-state index in [0.717, 1.165) is 22.3 Å². The van der Waals surface area contributed by atoms with E-state index < -0.39 is 24.0 Å². The summed E-state index contributed by atoms with van der Waals surface area (Å²) in [5.41, 5.74) is 4.44. The molecule has 0 radical (unpaired) electrons. The Kier molecular flexibility index (Phi) is 8.06. The number of methoxy groups -OCH3 is 1. The molecule has 2 aromatic rings. The Morgan fingerprint density at radius 1 is 1.03 bits per heavy atom. The molecular weight excluding hydrogens is 424 g/mol. The molecule has 176 valence electrons. The van der Waals surface area contributed by atoms with E-state index >= 15 is 0 Å². The zero-order chi connectivity index (χ0) is 24.0. The highest BCUT2D eigenvalue weighted by atomic mass is 16.5. The fourth-order valence-corrected chi connectivity index (χ4v) is 4.16. The molecule has 3 rings (SSSR count). The SMILES string of the molecule is COC[C@H](NC(=O)OCC1c2ccccc2-c2ccccc21)C(=O)N(CCC(=O)O)C(C)C. The maximum atomic E-state index is 13.0. The Morgan fingerprint density at radius 3 is 2.12 bits per heavy atom. The number of nitrogens with zero attached hydrogens (tertiary/aromatic N) is 1. The van der Waals surface area contributed by atoms with Crippen LogP contribution in [0.1, 0.15) is 37.3 Å². The number of rotatable bonds is 10. The second-order valence-corrected chi connectivity index (χ2v) is 8.25. The van der Waals surface area contributed by atoms with Crippen LogP contribution in [0.2, 0.25) is 0 Å². The summed E-state index contributed by atoms with van der Waals surface area (Å²) in [7, 11) is 1.43. The van der Waals surface area contributed by atoms with Crippen LogP contribution < -0.4 is 5.32 Å². The molecule has 8 nitrogen and oxygen atoms in total. The molecule has 1 atom stereocenters. The van der Waals surface area contributed by atoms with Gasteiger partial charge in [0.25, 0.3) is 0 Å². The van der Waals surface area contributed by atoms with E-state index in [4.69, 9.17) is 14.6 Å². The molecule has 8 heteroatoms. The lowest BCUT2D eigenvalue weighted by molar-refractivity contribution is -0.140. The van der Waals surface area contributed by atoms with Gasteiger partial charge < -0.3 is 24.8 Å². The van der Waals surface area contributed by atoms with Crippen molar-refractivity contribution in [3.8, 4) is 11.1 Å². The molecule has 0 saturated carbocycles. The summed E-state index contributed by atoms with van der Waals surface area (Å²) in [4.78, 5) is 38.0. The molecule has 1 aliphatic rings. The lowest BCUT2D eigenvalue weighted by atomic mass is 9.98. The van der Waals surface area contributed by atoms with E-state index in [1.807, 2.05) is 36.4 Å². The molecule has 2 amide bonds. The van der Waals surface area contributed by atoms with Crippen LogP contribution in [-0.4, -0.2) is 66.9 Å². The number of ether oxygens (including phenoxy) is 2. The fraction of sp³-hybridized carbons (Fsp3) is 0.400. The van der Waals surface area contributed by atoms with Crippen LogP contribution in [0.25, 0.3) is 11.1 Å². The van der Waals surface area contributed by atoms with Crippen LogP contribution in [0.4, 0.5) is 4.79 Å². The monoisotopic (exact) mass is 454 g/mol. The van der Waals surface area contributed by atoms with E-state index in [2.05, 4.69) is 17.4 Å². The van der Waals surface area contributed by atoms with Gasteiger partial charge >= 0.3 is 12.1 Å².